The zero-order chi connectivity index (χ0) is 27.0. The van der Waals surface area contributed by atoms with E-state index in [9.17, 15) is 46.1 Å². The number of methoxy groups -OCH3 is 1. The minimum atomic E-state index is -6.23. The number of aryl methyl sites for hydroxylation is 1. The Morgan fingerprint density at radius 3 is 2.17 bits per heavy atom. The minimum absolute atomic E-state index is 0.0475. The first-order chi connectivity index (χ1) is 16.6. The first kappa shape index (κ1) is 26.3. The number of benzene rings is 1. The molecule has 36 heavy (non-hydrogen) atoms. The second-order valence-corrected chi connectivity index (χ2v) is 9.11. The maximum absolute atomic E-state index is 15.6. The number of hydrogen-bond acceptors (Lipinski definition) is 6. The van der Waals surface area contributed by atoms with Crippen LogP contribution in [0, 0.1) is 18.7 Å². The van der Waals surface area contributed by atoms with E-state index in [1.165, 1.54) is 11.5 Å². The van der Waals surface area contributed by atoms with Crippen LogP contribution in [0.4, 0.5) is 36.4 Å². The molecule has 1 aromatic carbocycles. The molecule has 8 nitrogen and oxygen atoms in total. The van der Waals surface area contributed by atoms with Gasteiger partial charge in [-0.05, 0) is 26.2 Å². The van der Waals surface area contributed by atoms with Crippen LogP contribution in [-0.2, 0) is 0 Å². The number of nitrogens with zero attached hydrogens (tertiary/aromatic N) is 2. The first-order valence-corrected chi connectivity index (χ1v) is 10.9. The van der Waals surface area contributed by atoms with Crippen molar-refractivity contribution in [3.8, 4) is 5.75 Å². The highest BCUT2D eigenvalue weighted by molar-refractivity contribution is 5.93. The molecule has 2 aromatic rings. The van der Waals surface area contributed by atoms with Gasteiger partial charge in [0, 0.05) is 30.6 Å². The van der Waals surface area contributed by atoms with Crippen molar-refractivity contribution in [3.05, 3.63) is 32.2 Å². The van der Waals surface area contributed by atoms with Crippen LogP contribution in [0.15, 0.2) is 9.59 Å². The number of hydrogen-bond donors (Lipinski definition) is 3. The Kier molecular flexibility index (Phi) is 6.10. The molecule has 2 atom stereocenters. The third kappa shape index (κ3) is 3.74. The van der Waals surface area contributed by atoms with Crippen LogP contribution in [0.25, 0.3) is 10.9 Å². The lowest BCUT2D eigenvalue weighted by Crippen LogP contribution is -2.66. The molecule has 1 saturated heterocycles. The van der Waals surface area contributed by atoms with Crippen molar-refractivity contribution >= 4 is 16.6 Å². The van der Waals surface area contributed by atoms with Crippen LogP contribution in [0.2, 0.25) is 0 Å². The van der Waals surface area contributed by atoms with Crippen molar-refractivity contribution in [2.45, 2.75) is 56.3 Å². The number of aromatic nitrogens is 2. The smallest absolute Gasteiger partial charge is 0.428 e. The van der Waals surface area contributed by atoms with Crippen LogP contribution in [0.5, 0.6) is 5.75 Å². The Balaban J connectivity index is 1.84. The van der Waals surface area contributed by atoms with E-state index in [1.807, 2.05) is 0 Å². The second-order valence-electron chi connectivity index (χ2n) is 9.11. The maximum atomic E-state index is 15.6. The highest BCUT2D eigenvalue weighted by atomic mass is 19.4. The third-order valence-corrected chi connectivity index (χ3v) is 6.88. The number of aromatic amines is 1. The number of rotatable bonds is 5. The van der Waals surface area contributed by atoms with Gasteiger partial charge in [-0.1, -0.05) is 0 Å². The van der Waals surface area contributed by atoms with E-state index in [0.29, 0.717) is 12.8 Å². The van der Waals surface area contributed by atoms with E-state index in [-0.39, 0.29) is 40.5 Å². The molecule has 2 aliphatic rings. The van der Waals surface area contributed by atoms with Gasteiger partial charge < -0.3 is 19.8 Å². The summed E-state index contributed by atoms with van der Waals surface area (Å²) in [5.74, 6) is -3.08. The quantitative estimate of drug-likeness (QED) is 0.514. The van der Waals surface area contributed by atoms with Crippen molar-refractivity contribution in [3.63, 3.8) is 0 Å². The summed E-state index contributed by atoms with van der Waals surface area (Å²) >= 11 is 0. The van der Waals surface area contributed by atoms with E-state index in [2.05, 4.69) is 4.98 Å². The molecule has 0 spiro atoms. The first-order valence-electron chi connectivity index (χ1n) is 10.9. The molecular formula is C21H22F7N3O5. The number of nitrogens with one attached hydrogen (secondary N) is 1. The summed E-state index contributed by atoms with van der Waals surface area (Å²) < 4.78 is 102. The van der Waals surface area contributed by atoms with Gasteiger partial charge >= 0.3 is 18.0 Å². The standard InChI is InChI=1S/C21H22F7N3O5/c1-8-11-13(31(10-3-4-10)18(34)29-17(11)33)15(36-2)14(12(8)22)30-6-5-9(7-30)16(32)19(35,20(23,24)25)21(26,27)28/h9-10,16,32,35H,3-7H2,1-2H3,(H,29,33,34). The SMILES string of the molecule is COc1c(N2CCC(C(O)C(O)(C(F)(F)F)C(F)(F)F)C2)c(F)c(C)c2c(=O)[nH]c(=O)n(C3CC3)c12. The third-order valence-electron chi connectivity index (χ3n) is 6.88. The molecule has 200 valence electrons. The number of alkyl halides is 6. The number of anilines is 1. The largest absolute Gasteiger partial charge is 0.492 e. The molecule has 1 saturated carbocycles. The van der Waals surface area contributed by atoms with E-state index in [1.54, 1.807) is 0 Å². The predicted molar refractivity (Wildman–Crippen MR) is 112 cm³/mol. The van der Waals surface area contributed by atoms with Crippen molar-refractivity contribution in [2.75, 3.05) is 25.1 Å². The summed E-state index contributed by atoms with van der Waals surface area (Å²) in [6.07, 6.45) is -15.1. The van der Waals surface area contributed by atoms with Gasteiger partial charge in [-0.25, -0.2) is 9.18 Å². The molecule has 3 N–H and O–H groups in total. The van der Waals surface area contributed by atoms with Gasteiger partial charge in [0.15, 0.2) is 11.6 Å². The van der Waals surface area contributed by atoms with Gasteiger partial charge in [0.25, 0.3) is 11.2 Å². The van der Waals surface area contributed by atoms with Gasteiger partial charge in [0.1, 0.15) is 17.3 Å². The Morgan fingerprint density at radius 1 is 1.08 bits per heavy atom. The minimum Gasteiger partial charge on any atom is -0.492 e. The van der Waals surface area contributed by atoms with Gasteiger partial charge in [-0.2, -0.15) is 26.3 Å². The summed E-state index contributed by atoms with van der Waals surface area (Å²) in [5, 5.41) is 19.5. The fourth-order valence-electron chi connectivity index (χ4n) is 4.86. The molecule has 1 aromatic heterocycles. The number of aliphatic hydroxyl groups is 2. The van der Waals surface area contributed by atoms with Crippen LogP contribution in [0.1, 0.15) is 30.9 Å². The highest BCUT2D eigenvalue weighted by Crippen LogP contribution is 2.49. The molecule has 2 fully saturated rings. The molecule has 1 aliphatic heterocycles. The zero-order valence-electron chi connectivity index (χ0n) is 18.9. The summed E-state index contributed by atoms with van der Waals surface area (Å²) in [6, 6.07) is -0.315. The van der Waals surface area contributed by atoms with Gasteiger partial charge in [0.05, 0.1) is 12.5 Å². The fourth-order valence-corrected chi connectivity index (χ4v) is 4.86. The molecule has 4 rings (SSSR count). The molecule has 1 aliphatic carbocycles. The topological polar surface area (TPSA) is 108 Å². The van der Waals surface area contributed by atoms with E-state index in [0.717, 1.165) is 12.0 Å². The molecule has 0 bridgehead atoms. The normalized spacial score (nSPS) is 20.3. The Labute approximate surface area is 197 Å². The molecule has 0 radical (unpaired) electrons. The van der Waals surface area contributed by atoms with E-state index in [4.69, 9.17) is 4.74 Å². The molecular weight excluding hydrogens is 507 g/mol. The van der Waals surface area contributed by atoms with Crippen molar-refractivity contribution < 1.29 is 45.7 Å². The lowest BCUT2D eigenvalue weighted by atomic mass is 9.85. The number of aliphatic hydroxyl groups excluding tert-OH is 1. The van der Waals surface area contributed by atoms with Crippen LogP contribution in [0.3, 0.4) is 0 Å². The van der Waals surface area contributed by atoms with Crippen LogP contribution >= 0.6 is 0 Å². The lowest BCUT2D eigenvalue weighted by Gasteiger charge is -2.38. The molecule has 2 heterocycles. The summed E-state index contributed by atoms with van der Waals surface area (Å²) in [5.41, 5.74) is -7.69. The average molecular weight is 529 g/mol. The zero-order valence-corrected chi connectivity index (χ0v) is 18.9. The Morgan fingerprint density at radius 2 is 1.67 bits per heavy atom. The molecule has 0 amide bonds. The monoisotopic (exact) mass is 529 g/mol. The Bertz CT molecular complexity index is 1300. The van der Waals surface area contributed by atoms with Gasteiger partial charge in [0.2, 0.25) is 0 Å². The van der Waals surface area contributed by atoms with Crippen molar-refractivity contribution in [1.82, 2.24) is 9.55 Å². The molecule has 15 heteroatoms. The van der Waals surface area contributed by atoms with Crippen LogP contribution < -0.4 is 20.9 Å². The molecule has 2 unspecified atom stereocenters. The summed E-state index contributed by atoms with van der Waals surface area (Å²) in [4.78, 5) is 28.3. The second kappa shape index (κ2) is 8.36. The lowest BCUT2D eigenvalue weighted by molar-refractivity contribution is -0.395. The van der Waals surface area contributed by atoms with Gasteiger partial charge in [-0.15, -0.1) is 0 Å². The Hall–Kier alpha value is -2.81. The number of halogens is 7. The van der Waals surface area contributed by atoms with Crippen LogP contribution in [-0.4, -0.2) is 64.0 Å². The van der Waals surface area contributed by atoms with E-state index < -0.39 is 60.0 Å². The van der Waals surface area contributed by atoms with Gasteiger partial charge in [-0.3, -0.25) is 14.3 Å². The highest BCUT2D eigenvalue weighted by Gasteiger charge is 2.75. The van der Waals surface area contributed by atoms with Crippen molar-refractivity contribution in [1.29, 1.82) is 0 Å². The van der Waals surface area contributed by atoms with E-state index >= 15 is 4.39 Å². The average Bonchev–Trinajstić information content (AvgIpc) is 3.48. The fraction of sp³-hybridized carbons (Fsp3) is 0.619. The number of ether oxygens (including phenoxy) is 1. The maximum Gasteiger partial charge on any atom is 0.428 e. The van der Waals surface area contributed by atoms with Crippen molar-refractivity contribution in [2.24, 2.45) is 5.92 Å². The predicted octanol–water partition coefficient (Wildman–Crippen LogP) is 2.52. The number of H-pyrrole nitrogens is 1. The summed E-state index contributed by atoms with van der Waals surface area (Å²) in [6.45, 7) is 0.235. The summed E-state index contributed by atoms with van der Waals surface area (Å²) in [7, 11) is 1.12. The number of fused-ring (bicyclic) bond motifs is 1.